The third kappa shape index (κ3) is 5.85. The van der Waals surface area contributed by atoms with E-state index in [4.69, 9.17) is 4.74 Å². The number of nitrogens with one attached hydrogen (secondary N) is 1. The van der Waals surface area contributed by atoms with E-state index >= 15 is 0 Å². The van der Waals surface area contributed by atoms with Gasteiger partial charge in [-0.3, -0.25) is 4.79 Å². The van der Waals surface area contributed by atoms with Crippen LogP contribution in [0.1, 0.15) is 35.3 Å². The molecule has 3 aromatic carbocycles. The number of nitrogens with zero attached hydrogens (tertiary/aromatic N) is 1. The molecule has 0 atom stereocenters. The fourth-order valence-corrected chi connectivity index (χ4v) is 3.17. The van der Waals surface area contributed by atoms with Crippen molar-refractivity contribution in [2.75, 3.05) is 18.0 Å². The molecule has 4 heteroatoms. The van der Waals surface area contributed by atoms with Crippen LogP contribution in [0.4, 0.5) is 5.69 Å². The Kier molecular flexibility index (Phi) is 7.28. The Bertz CT molecular complexity index is 904. The largest absolute Gasteiger partial charge is 0.489 e. The van der Waals surface area contributed by atoms with Gasteiger partial charge in [0.25, 0.3) is 5.91 Å². The zero-order valence-corrected chi connectivity index (χ0v) is 17.1. The highest BCUT2D eigenvalue weighted by Gasteiger charge is 2.08. The van der Waals surface area contributed by atoms with Crippen LogP contribution in [-0.4, -0.2) is 19.0 Å². The van der Waals surface area contributed by atoms with E-state index in [0.717, 1.165) is 24.2 Å². The van der Waals surface area contributed by atoms with Gasteiger partial charge in [-0.1, -0.05) is 48.5 Å². The number of anilines is 1. The van der Waals surface area contributed by atoms with Crippen molar-refractivity contribution >= 4 is 11.6 Å². The third-order valence-corrected chi connectivity index (χ3v) is 4.86. The van der Waals surface area contributed by atoms with Crippen LogP contribution in [0.3, 0.4) is 0 Å². The lowest BCUT2D eigenvalue weighted by molar-refractivity contribution is 0.0950. The van der Waals surface area contributed by atoms with E-state index in [1.807, 2.05) is 42.5 Å². The Hall–Kier alpha value is -3.27. The molecule has 0 aromatic heterocycles. The molecule has 0 spiro atoms. The number of carbonyl (C=O) groups is 1. The minimum absolute atomic E-state index is 0.108. The molecular formula is C25H28N2O2. The molecule has 1 N–H and O–H groups in total. The average molecular weight is 389 g/mol. The fraction of sp³-hybridized carbons (Fsp3) is 0.240. The summed E-state index contributed by atoms with van der Waals surface area (Å²) in [4.78, 5) is 14.8. The molecule has 3 rings (SSSR count). The predicted octanol–water partition coefficient (Wildman–Crippen LogP) is 5.04. The van der Waals surface area contributed by atoms with Crippen molar-refractivity contribution in [2.45, 2.75) is 27.0 Å². The first-order valence-electron chi connectivity index (χ1n) is 10.1. The molecule has 4 nitrogen and oxygen atoms in total. The van der Waals surface area contributed by atoms with Gasteiger partial charge in [0.05, 0.1) is 0 Å². The SMILES string of the molecule is CCN(CC)c1ccc(CNC(=O)c2cccc(OCc3ccccc3)c2)cc1. The molecule has 0 aliphatic rings. The van der Waals surface area contributed by atoms with Crippen LogP contribution in [-0.2, 0) is 13.2 Å². The van der Waals surface area contributed by atoms with Gasteiger partial charge in [-0.15, -0.1) is 0 Å². The summed E-state index contributed by atoms with van der Waals surface area (Å²) in [6, 6.07) is 25.6. The van der Waals surface area contributed by atoms with Crippen LogP contribution < -0.4 is 15.0 Å². The van der Waals surface area contributed by atoms with Crippen molar-refractivity contribution in [1.29, 1.82) is 0 Å². The van der Waals surface area contributed by atoms with E-state index in [1.165, 1.54) is 5.69 Å². The van der Waals surface area contributed by atoms with E-state index in [-0.39, 0.29) is 5.91 Å². The molecule has 0 heterocycles. The number of carbonyl (C=O) groups excluding carboxylic acids is 1. The van der Waals surface area contributed by atoms with Crippen molar-refractivity contribution in [3.05, 3.63) is 95.6 Å². The molecule has 0 saturated carbocycles. The number of benzene rings is 3. The lowest BCUT2D eigenvalue weighted by Crippen LogP contribution is -2.23. The minimum Gasteiger partial charge on any atom is -0.489 e. The van der Waals surface area contributed by atoms with Crippen molar-refractivity contribution in [3.63, 3.8) is 0 Å². The first-order valence-corrected chi connectivity index (χ1v) is 10.1. The maximum atomic E-state index is 12.5. The second-order valence-corrected chi connectivity index (χ2v) is 6.82. The molecule has 0 aliphatic carbocycles. The fourth-order valence-electron chi connectivity index (χ4n) is 3.17. The smallest absolute Gasteiger partial charge is 0.251 e. The molecule has 0 fully saturated rings. The lowest BCUT2D eigenvalue weighted by Gasteiger charge is -2.21. The second-order valence-electron chi connectivity index (χ2n) is 6.82. The van der Waals surface area contributed by atoms with Gasteiger partial charge in [0.1, 0.15) is 12.4 Å². The van der Waals surface area contributed by atoms with Crippen LogP contribution in [0, 0.1) is 0 Å². The molecule has 29 heavy (non-hydrogen) atoms. The normalized spacial score (nSPS) is 10.4. The number of rotatable bonds is 9. The summed E-state index contributed by atoms with van der Waals surface area (Å²) in [5.74, 6) is 0.577. The van der Waals surface area contributed by atoms with E-state index in [1.54, 1.807) is 12.1 Å². The number of hydrogen-bond acceptors (Lipinski definition) is 3. The maximum absolute atomic E-state index is 12.5. The van der Waals surface area contributed by atoms with E-state index in [0.29, 0.717) is 24.5 Å². The van der Waals surface area contributed by atoms with E-state index in [2.05, 4.69) is 48.3 Å². The highest BCUT2D eigenvalue weighted by atomic mass is 16.5. The summed E-state index contributed by atoms with van der Waals surface area (Å²) in [7, 11) is 0. The second kappa shape index (κ2) is 10.3. The highest BCUT2D eigenvalue weighted by molar-refractivity contribution is 5.94. The Labute approximate surface area is 173 Å². The summed E-state index contributed by atoms with van der Waals surface area (Å²) >= 11 is 0. The standard InChI is InChI=1S/C25H28N2O2/c1-3-27(4-2)23-15-13-20(14-16-23)18-26-25(28)22-11-8-12-24(17-22)29-19-21-9-6-5-7-10-21/h5-17H,3-4,18-19H2,1-2H3,(H,26,28). The van der Waals surface area contributed by atoms with Crippen LogP contribution in [0.15, 0.2) is 78.9 Å². The molecule has 3 aromatic rings. The monoisotopic (exact) mass is 388 g/mol. The molecule has 0 radical (unpaired) electrons. The van der Waals surface area contributed by atoms with Gasteiger partial charge >= 0.3 is 0 Å². The van der Waals surface area contributed by atoms with Crippen molar-refractivity contribution in [2.24, 2.45) is 0 Å². The van der Waals surface area contributed by atoms with Gasteiger partial charge in [-0.05, 0) is 55.3 Å². The van der Waals surface area contributed by atoms with Gasteiger partial charge in [0.15, 0.2) is 0 Å². The average Bonchev–Trinajstić information content (AvgIpc) is 2.78. The number of ether oxygens (including phenoxy) is 1. The zero-order chi connectivity index (χ0) is 20.5. The number of hydrogen-bond donors (Lipinski definition) is 1. The lowest BCUT2D eigenvalue weighted by atomic mass is 10.1. The van der Waals surface area contributed by atoms with Crippen molar-refractivity contribution in [1.82, 2.24) is 5.32 Å². The summed E-state index contributed by atoms with van der Waals surface area (Å²) in [6.07, 6.45) is 0. The van der Waals surface area contributed by atoms with Gasteiger partial charge in [0.2, 0.25) is 0 Å². The Morgan fingerprint density at radius 1 is 0.862 bits per heavy atom. The third-order valence-electron chi connectivity index (χ3n) is 4.86. The van der Waals surface area contributed by atoms with E-state index < -0.39 is 0 Å². The molecule has 0 aliphatic heterocycles. The van der Waals surface area contributed by atoms with Crippen molar-refractivity contribution in [3.8, 4) is 5.75 Å². The van der Waals surface area contributed by atoms with Crippen LogP contribution >= 0.6 is 0 Å². The molecule has 0 saturated heterocycles. The Morgan fingerprint density at radius 3 is 2.28 bits per heavy atom. The summed E-state index contributed by atoms with van der Waals surface area (Å²) < 4.78 is 5.82. The number of amides is 1. The van der Waals surface area contributed by atoms with E-state index in [9.17, 15) is 4.79 Å². The molecular weight excluding hydrogens is 360 g/mol. The van der Waals surface area contributed by atoms with Crippen molar-refractivity contribution < 1.29 is 9.53 Å². The first-order chi connectivity index (χ1) is 14.2. The zero-order valence-electron chi connectivity index (χ0n) is 17.1. The highest BCUT2D eigenvalue weighted by Crippen LogP contribution is 2.17. The quantitative estimate of drug-likeness (QED) is 0.558. The minimum atomic E-state index is -0.108. The van der Waals surface area contributed by atoms with Gasteiger partial charge < -0.3 is 15.0 Å². The van der Waals surface area contributed by atoms with Crippen LogP contribution in [0.25, 0.3) is 0 Å². The van der Waals surface area contributed by atoms with Gasteiger partial charge in [-0.2, -0.15) is 0 Å². The molecule has 1 amide bonds. The summed E-state index contributed by atoms with van der Waals surface area (Å²) in [5.41, 5.74) is 3.96. The predicted molar refractivity (Wildman–Crippen MR) is 118 cm³/mol. The Morgan fingerprint density at radius 2 is 1.59 bits per heavy atom. The first kappa shape index (κ1) is 20.5. The summed E-state index contributed by atoms with van der Waals surface area (Å²) in [5, 5.41) is 2.98. The maximum Gasteiger partial charge on any atom is 0.251 e. The molecule has 0 unspecified atom stereocenters. The topological polar surface area (TPSA) is 41.6 Å². The molecule has 150 valence electrons. The molecule has 0 bridgehead atoms. The van der Waals surface area contributed by atoms with Gasteiger partial charge in [0, 0.05) is 30.9 Å². The van der Waals surface area contributed by atoms with Gasteiger partial charge in [-0.25, -0.2) is 0 Å². The van der Waals surface area contributed by atoms with Crippen LogP contribution in [0.2, 0.25) is 0 Å². The van der Waals surface area contributed by atoms with Crippen LogP contribution in [0.5, 0.6) is 5.75 Å². The summed E-state index contributed by atoms with van der Waals surface area (Å²) in [6.45, 7) is 7.23. The Balaban J connectivity index is 1.55.